The lowest BCUT2D eigenvalue weighted by Crippen LogP contribution is -2.21. The second kappa shape index (κ2) is 10.1. The van der Waals surface area contributed by atoms with Gasteiger partial charge in [-0.25, -0.2) is 31.8 Å². The molecule has 7 aromatic rings. The van der Waals surface area contributed by atoms with E-state index in [-0.39, 0.29) is 23.0 Å². The topological polar surface area (TPSA) is 123 Å². The fourth-order valence-electron chi connectivity index (χ4n) is 5.31. The van der Waals surface area contributed by atoms with E-state index in [4.69, 9.17) is 4.98 Å². The second-order valence-electron chi connectivity index (χ2n) is 10.1. The lowest BCUT2D eigenvalue weighted by Gasteiger charge is -2.13. The molecule has 1 amide bonds. The summed E-state index contributed by atoms with van der Waals surface area (Å²) in [7, 11) is -2.26. The molecule has 0 unspecified atom stereocenters. The van der Waals surface area contributed by atoms with Crippen LogP contribution in [0.4, 0.5) is 14.5 Å². The number of nitrogens with one attached hydrogen (secondary N) is 2. The Morgan fingerprint density at radius 3 is 2.48 bits per heavy atom. The van der Waals surface area contributed by atoms with Crippen molar-refractivity contribution in [2.45, 2.75) is 6.92 Å². The van der Waals surface area contributed by atoms with Crippen molar-refractivity contribution in [2.75, 3.05) is 17.5 Å². The van der Waals surface area contributed by atoms with Gasteiger partial charge < -0.3 is 5.32 Å². The smallest absolute Gasteiger partial charge is 0.270 e. The molecular formula is C31H23F2N7O3S. The number of carbonyl (C=O) groups excluding carboxylic acids is 1. The molecule has 0 saturated heterocycles. The number of aromatic nitrogens is 5. The number of rotatable bonds is 6. The third kappa shape index (κ3) is 4.40. The summed E-state index contributed by atoms with van der Waals surface area (Å²) in [6, 6.07) is 18.6. The molecule has 3 aromatic carbocycles. The molecule has 10 nitrogen and oxygen atoms in total. The van der Waals surface area contributed by atoms with Crippen molar-refractivity contribution in [2.24, 2.45) is 0 Å². The molecule has 0 radical (unpaired) electrons. The molecule has 0 bridgehead atoms. The molecule has 0 spiro atoms. The van der Waals surface area contributed by atoms with E-state index in [1.54, 1.807) is 47.1 Å². The van der Waals surface area contributed by atoms with Crippen LogP contribution in [0.3, 0.4) is 0 Å². The van der Waals surface area contributed by atoms with Gasteiger partial charge in [-0.15, -0.1) is 0 Å². The number of nitrogens with zero attached hydrogens (tertiary/aromatic N) is 5. The molecular weight excluding hydrogens is 588 g/mol. The van der Waals surface area contributed by atoms with E-state index in [0.717, 1.165) is 0 Å². The average molecular weight is 612 g/mol. The molecule has 0 saturated carbocycles. The number of carbonyl (C=O) groups is 1. The molecule has 0 atom stereocenters. The van der Waals surface area contributed by atoms with Gasteiger partial charge in [0.1, 0.15) is 29.2 Å². The molecule has 2 N–H and O–H groups in total. The van der Waals surface area contributed by atoms with E-state index in [2.05, 4.69) is 20.1 Å². The first-order valence-electron chi connectivity index (χ1n) is 13.6. The maximum atomic E-state index is 14.7. The summed E-state index contributed by atoms with van der Waals surface area (Å²) in [6.45, 7) is 1.51. The molecule has 220 valence electrons. The van der Waals surface area contributed by atoms with Crippen LogP contribution in [0.5, 0.6) is 0 Å². The van der Waals surface area contributed by atoms with Gasteiger partial charge in [0.05, 0.1) is 44.9 Å². The molecule has 0 aliphatic carbocycles. The van der Waals surface area contributed by atoms with Crippen LogP contribution < -0.4 is 10.0 Å². The predicted octanol–water partition coefficient (Wildman–Crippen LogP) is 5.44. The molecule has 4 aromatic heterocycles. The largest absolute Gasteiger partial charge is 0.354 e. The van der Waals surface area contributed by atoms with E-state index in [9.17, 15) is 22.0 Å². The summed E-state index contributed by atoms with van der Waals surface area (Å²) < 4.78 is 59.7. The normalized spacial score (nSPS) is 12.0. The molecule has 44 heavy (non-hydrogen) atoms. The van der Waals surface area contributed by atoms with E-state index in [1.165, 1.54) is 55.1 Å². The number of halogens is 2. The number of fused-ring (bicyclic) bond motifs is 6. The van der Waals surface area contributed by atoms with Crippen molar-refractivity contribution in [3.8, 4) is 16.9 Å². The highest BCUT2D eigenvalue weighted by Gasteiger charge is 2.23. The van der Waals surface area contributed by atoms with Crippen LogP contribution in [-0.2, 0) is 10.0 Å². The van der Waals surface area contributed by atoms with Crippen molar-refractivity contribution < 1.29 is 22.0 Å². The Hall–Kier alpha value is -5.43. The highest BCUT2D eigenvalue weighted by atomic mass is 32.2. The van der Waals surface area contributed by atoms with E-state index < -0.39 is 21.7 Å². The van der Waals surface area contributed by atoms with Gasteiger partial charge >= 0.3 is 0 Å². The van der Waals surface area contributed by atoms with Crippen LogP contribution in [0.25, 0.3) is 55.3 Å². The van der Waals surface area contributed by atoms with Gasteiger partial charge in [-0.05, 0) is 73.7 Å². The van der Waals surface area contributed by atoms with Crippen molar-refractivity contribution >= 4 is 60.0 Å². The van der Waals surface area contributed by atoms with Gasteiger partial charge in [-0.2, -0.15) is 5.10 Å². The number of pyridine rings is 1. The molecule has 13 heteroatoms. The number of anilines is 1. The Bertz CT molecular complexity index is 2400. The van der Waals surface area contributed by atoms with Gasteiger partial charge in [0, 0.05) is 23.4 Å². The molecule has 0 aliphatic heterocycles. The Morgan fingerprint density at radius 2 is 1.73 bits per heavy atom. The minimum atomic E-state index is -3.74. The zero-order valence-corrected chi connectivity index (χ0v) is 24.2. The minimum Gasteiger partial charge on any atom is -0.354 e. The fourth-order valence-corrected chi connectivity index (χ4v) is 5.96. The van der Waals surface area contributed by atoms with Gasteiger partial charge in [-0.3, -0.25) is 13.9 Å². The van der Waals surface area contributed by atoms with Crippen molar-refractivity contribution in [1.29, 1.82) is 0 Å². The van der Waals surface area contributed by atoms with Gasteiger partial charge in [0.15, 0.2) is 0 Å². The Balaban J connectivity index is 1.52. The molecule has 7 rings (SSSR count). The van der Waals surface area contributed by atoms with Crippen LogP contribution in [-0.4, -0.2) is 51.3 Å². The van der Waals surface area contributed by atoms with Crippen LogP contribution in [0.15, 0.2) is 79.1 Å². The summed E-state index contributed by atoms with van der Waals surface area (Å²) >= 11 is 0. The maximum Gasteiger partial charge on any atom is 0.270 e. The van der Waals surface area contributed by atoms with Gasteiger partial charge in [0.2, 0.25) is 10.0 Å². The van der Waals surface area contributed by atoms with E-state index in [1.807, 2.05) is 0 Å². The zero-order valence-electron chi connectivity index (χ0n) is 23.3. The fraction of sp³-hybridized carbons (Fsp3) is 0.0968. The van der Waals surface area contributed by atoms with Crippen molar-refractivity contribution in [1.82, 2.24) is 29.5 Å². The Kier molecular flexibility index (Phi) is 6.28. The van der Waals surface area contributed by atoms with Crippen LogP contribution in [0, 0.1) is 11.6 Å². The lowest BCUT2D eigenvalue weighted by atomic mass is 10.0. The maximum absolute atomic E-state index is 14.7. The molecule has 0 fully saturated rings. The van der Waals surface area contributed by atoms with Crippen LogP contribution >= 0.6 is 0 Å². The number of hydrogen-bond acceptors (Lipinski definition) is 6. The highest BCUT2D eigenvalue weighted by molar-refractivity contribution is 7.92. The number of sulfonamides is 1. The lowest BCUT2D eigenvalue weighted by molar-refractivity contribution is 0.0957. The number of benzene rings is 3. The summed E-state index contributed by atoms with van der Waals surface area (Å²) in [6.07, 6.45) is 1.60. The highest BCUT2D eigenvalue weighted by Crippen LogP contribution is 2.36. The molecule has 0 aliphatic rings. The summed E-state index contributed by atoms with van der Waals surface area (Å²) in [5.74, 6) is -1.47. The van der Waals surface area contributed by atoms with Gasteiger partial charge in [-0.1, -0.05) is 6.07 Å². The second-order valence-corrected chi connectivity index (χ2v) is 12.1. The first kappa shape index (κ1) is 27.4. The predicted molar refractivity (Wildman–Crippen MR) is 164 cm³/mol. The minimum absolute atomic E-state index is 0.165. The summed E-state index contributed by atoms with van der Waals surface area (Å²) in [5, 5.41) is 8.03. The van der Waals surface area contributed by atoms with Crippen LogP contribution in [0.1, 0.15) is 17.4 Å². The summed E-state index contributed by atoms with van der Waals surface area (Å²) in [5.41, 5.74) is 4.15. The number of hydrogen-bond donors (Lipinski definition) is 2. The third-order valence-electron chi connectivity index (χ3n) is 7.50. The SMILES string of the molecule is CCS(=O)(=O)Nc1cc2nn(-c3ccc(F)cc3)c(C(=O)NC)c2cc1-c1ccc2ncn3c4cccc(F)c4cc3c2n1. The number of amides is 1. The van der Waals surface area contributed by atoms with E-state index >= 15 is 0 Å². The Morgan fingerprint density at radius 1 is 0.932 bits per heavy atom. The standard InChI is InChI=1S/C31H23F2N7O3S/c1-3-44(42,43)38-26-15-25-21(30(31(41)34-2)40(37-25)18-9-7-17(32)8-10-18)13-20(26)23-11-12-24-29(36-23)28-14-19-22(33)5-4-6-27(19)39(28)16-35-24/h4-16,38H,3H2,1-2H3,(H,34,41). The van der Waals surface area contributed by atoms with Gasteiger partial charge in [0.25, 0.3) is 5.91 Å². The zero-order chi connectivity index (χ0) is 30.7. The quantitative estimate of drug-likeness (QED) is 0.258. The first-order valence-corrected chi connectivity index (χ1v) is 15.2. The van der Waals surface area contributed by atoms with E-state index in [0.29, 0.717) is 55.3 Å². The monoisotopic (exact) mass is 611 g/mol. The van der Waals surface area contributed by atoms with Crippen molar-refractivity contribution in [3.63, 3.8) is 0 Å². The van der Waals surface area contributed by atoms with Crippen LogP contribution in [0.2, 0.25) is 0 Å². The molecule has 4 heterocycles. The summed E-state index contributed by atoms with van der Waals surface area (Å²) in [4.78, 5) is 22.6. The van der Waals surface area contributed by atoms with Crippen molar-refractivity contribution in [3.05, 3.63) is 96.5 Å². The Labute approximate surface area is 249 Å². The third-order valence-corrected chi connectivity index (χ3v) is 8.80. The average Bonchev–Trinajstić information content (AvgIpc) is 3.60. The first-order chi connectivity index (χ1) is 21.2.